The minimum atomic E-state index is -4.02. The molecule has 44 heavy (non-hydrogen) atoms. The molecular formula is C33H40FN3O6S. The Morgan fingerprint density at radius 1 is 0.955 bits per heavy atom. The van der Waals surface area contributed by atoms with Crippen molar-refractivity contribution in [3.63, 3.8) is 0 Å². The molecule has 1 fully saturated rings. The van der Waals surface area contributed by atoms with E-state index in [0.717, 1.165) is 48.2 Å². The molecule has 0 spiro atoms. The third-order valence-electron chi connectivity index (χ3n) is 7.86. The first-order valence-corrected chi connectivity index (χ1v) is 16.5. The Morgan fingerprint density at radius 3 is 2.27 bits per heavy atom. The average molecular weight is 626 g/mol. The third kappa shape index (κ3) is 8.49. The zero-order valence-electron chi connectivity index (χ0n) is 25.4. The molecule has 1 saturated carbocycles. The van der Waals surface area contributed by atoms with Crippen molar-refractivity contribution in [2.24, 2.45) is 0 Å². The van der Waals surface area contributed by atoms with E-state index in [4.69, 9.17) is 9.47 Å². The van der Waals surface area contributed by atoms with Gasteiger partial charge in [-0.25, -0.2) is 12.8 Å². The van der Waals surface area contributed by atoms with Crippen molar-refractivity contribution in [3.8, 4) is 11.5 Å². The molecule has 0 heterocycles. The van der Waals surface area contributed by atoms with E-state index in [1.54, 1.807) is 24.3 Å². The van der Waals surface area contributed by atoms with Gasteiger partial charge in [-0.3, -0.25) is 13.9 Å². The molecule has 2 amide bonds. The second-order valence-electron chi connectivity index (χ2n) is 11.0. The normalized spacial score (nSPS) is 14.4. The number of sulfonamides is 1. The van der Waals surface area contributed by atoms with Crippen LogP contribution in [0.3, 0.4) is 0 Å². The van der Waals surface area contributed by atoms with Gasteiger partial charge in [0.05, 0.1) is 26.2 Å². The van der Waals surface area contributed by atoms with Crippen LogP contribution in [-0.2, 0) is 32.6 Å². The van der Waals surface area contributed by atoms with E-state index in [1.807, 2.05) is 30.3 Å². The van der Waals surface area contributed by atoms with Crippen molar-refractivity contribution in [1.82, 2.24) is 10.2 Å². The van der Waals surface area contributed by atoms with Gasteiger partial charge < -0.3 is 19.7 Å². The summed E-state index contributed by atoms with van der Waals surface area (Å²) in [5, 5.41) is 3.13. The van der Waals surface area contributed by atoms with E-state index in [0.29, 0.717) is 5.75 Å². The van der Waals surface area contributed by atoms with Crippen LogP contribution < -0.4 is 19.1 Å². The van der Waals surface area contributed by atoms with Gasteiger partial charge in [0.25, 0.3) is 0 Å². The number of amides is 2. The summed E-state index contributed by atoms with van der Waals surface area (Å²) in [6, 6.07) is 18.8. The molecule has 1 unspecified atom stereocenters. The monoisotopic (exact) mass is 625 g/mol. The lowest BCUT2D eigenvalue weighted by Crippen LogP contribution is -2.55. The molecular weight excluding hydrogens is 585 g/mol. The molecule has 1 atom stereocenters. The highest BCUT2D eigenvalue weighted by Crippen LogP contribution is 2.34. The van der Waals surface area contributed by atoms with Crippen LogP contribution >= 0.6 is 0 Å². The van der Waals surface area contributed by atoms with Gasteiger partial charge >= 0.3 is 0 Å². The average Bonchev–Trinajstić information content (AvgIpc) is 3.02. The second-order valence-corrected chi connectivity index (χ2v) is 12.9. The second kappa shape index (κ2) is 15.1. The fraction of sp³-hybridized carbons (Fsp3) is 0.394. The molecule has 0 bridgehead atoms. The van der Waals surface area contributed by atoms with Crippen LogP contribution in [0, 0.1) is 5.82 Å². The van der Waals surface area contributed by atoms with Gasteiger partial charge in [-0.1, -0.05) is 67.8 Å². The lowest BCUT2D eigenvalue weighted by molar-refractivity contribution is -0.140. The number of methoxy groups -OCH3 is 2. The van der Waals surface area contributed by atoms with E-state index in [2.05, 4.69) is 5.32 Å². The zero-order chi connectivity index (χ0) is 31.7. The number of benzene rings is 3. The van der Waals surface area contributed by atoms with Crippen LogP contribution in [0.4, 0.5) is 10.1 Å². The summed E-state index contributed by atoms with van der Waals surface area (Å²) in [6.07, 6.45) is 5.92. The standard InChI is InChI=1S/C33H40FN3O6S/c1-42-27-18-19-29(31(21-27)43-2)37(44(3,40)41)23-32(38)36(22-25-14-10-11-17-28(25)34)30(20-24-12-6-4-7-13-24)33(39)35-26-15-8-5-9-16-26/h4,6-7,10-14,17-19,21,26,30H,5,8-9,15-16,20,22-23H2,1-3H3,(H,35,39). The lowest BCUT2D eigenvalue weighted by atomic mass is 9.94. The van der Waals surface area contributed by atoms with E-state index in [9.17, 15) is 22.4 Å². The van der Waals surface area contributed by atoms with Crippen molar-refractivity contribution in [2.45, 2.75) is 57.2 Å². The lowest BCUT2D eigenvalue weighted by Gasteiger charge is -2.35. The Bertz CT molecular complexity index is 1530. The number of anilines is 1. The molecule has 236 valence electrons. The Morgan fingerprint density at radius 2 is 1.64 bits per heavy atom. The number of carbonyl (C=O) groups is 2. The maximum absolute atomic E-state index is 15.0. The SMILES string of the molecule is COc1ccc(N(CC(=O)N(Cc2ccccc2F)C(Cc2ccccc2)C(=O)NC2CCCCC2)S(C)(=O)=O)c(OC)c1. The summed E-state index contributed by atoms with van der Waals surface area (Å²) in [6.45, 7) is -0.879. The number of halogens is 1. The largest absolute Gasteiger partial charge is 0.497 e. The number of nitrogens with one attached hydrogen (secondary N) is 1. The molecule has 4 rings (SSSR count). The number of ether oxygens (including phenoxy) is 2. The van der Waals surface area contributed by atoms with Crippen LogP contribution in [-0.4, -0.2) is 64.2 Å². The third-order valence-corrected chi connectivity index (χ3v) is 8.98. The number of nitrogens with zero attached hydrogens (tertiary/aromatic N) is 2. The van der Waals surface area contributed by atoms with E-state index in [1.165, 1.54) is 37.3 Å². The van der Waals surface area contributed by atoms with Gasteiger partial charge in [-0.05, 0) is 36.6 Å². The Hall–Kier alpha value is -4.12. The highest BCUT2D eigenvalue weighted by Gasteiger charge is 2.35. The summed E-state index contributed by atoms with van der Waals surface area (Å²) < 4.78 is 52.8. The highest BCUT2D eigenvalue weighted by molar-refractivity contribution is 7.92. The highest BCUT2D eigenvalue weighted by atomic mass is 32.2. The van der Waals surface area contributed by atoms with Gasteiger partial charge in [0.15, 0.2) is 0 Å². The molecule has 0 aliphatic heterocycles. The van der Waals surface area contributed by atoms with Crippen LogP contribution in [0.5, 0.6) is 11.5 Å². The Labute approximate surface area is 259 Å². The Kier molecular flexibility index (Phi) is 11.2. The molecule has 0 aromatic heterocycles. The number of hydrogen-bond acceptors (Lipinski definition) is 6. The summed E-state index contributed by atoms with van der Waals surface area (Å²) in [5.41, 5.74) is 1.14. The van der Waals surface area contributed by atoms with Gasteiger partial charge in [-0.2, -0.15) is 0 Å². The van der Waals surface area contributed by atoms with Crippen LogP contribution in [0.1, 0.15) is 43.2 Å². The first-order chi connectivity index (χ1) is 21.1. The van der Waals surface area contributed by atoms with Crippen LogP contribution in [0.2, 0.25) is 0 Å². The molecule has 1 N–H and O–H groups in total. The van der Waals surface area contributed by atoms with Crippen molar-refractivity contribution in [2.75, 3.05) is 31.3 Å². The van der Waals surface area contributed by atoms with Crippen molar-refractivity contribution in [3.05, 3.63) is 89.7 Å². The number of hydrogen-bond donors (Lipinski definition) is 1. The molecule has 1 aliphatic carbocycles. The quantitative estimate of drug-likeness (QED) is 0.295. The molecule has 1 aliphatic rings. The summed E-state index contributed by atoms with van der Waals surface area (Å²) in [7, 11) is -1.16. The summed E-state index contributed by atoms with van der Waals surface area (Å²) >= 11 is 0. The van der Waals surface area contributed by atoms with E-state index < -0.39 is 34.3 Å². The minimum Gasteiger partial charge on any atom is -0.497 e. The maximum atomic E-state index is 15.0. The van der Waals surface area contributed by atoms with Crippen LogP contribution in [0.25, 0.3) is 0 Å². The molecule has 11 heteroatoms. The molecule has 9 nitrogen and oxygen atoms in total. The first kappa shape index (κ1) is 32.8. The Balaban J connectivity index is 1.76. The first-order valence-electron chi connectivity index (χ1n) is 14.7. The van der Waals surface area contributed by atoms with Crippen molar-refractivity contribution in [1.29, 1.82) is 0 Å². The molecule has 3 aromatic carbocycles. The van der Waals surface area contributed by atoms with Crippen molar-refractivity contribution < 1.29 is 31.9 Å². The number of carbonyl (C=O) groups excluding carboxylic acids is 2. The molecule has 0 radical (unpaired) electrons. The number of rotatable bonds is 13. The fourth-order valence-corrected chi connectivity index (χ4v) is 6.35. The maximum Gasteiger partial charge on any atom is 0.244 e. The smallest absolute Gasteiger partial charge is 0.244 e. The zero-order valence-corrected chi connectivity index (χ0v) is 26.2. The van der Waals surface area contributed by atoms with Crippen LogP contribution in [0.15, 0.2) is 72.8 Å². The van der Waals surface area contributed by atoms with Gasteiger partial charge in [-0.15, -0.1) is 0 Å². The summed E-state index contributed by atoms with van der Waals surface area (Å²) in [4.78, 5) is 29.6. The predicted octanol–water partition coefficient (Wildman–Crippen LogP) is 4.70. The molecule has 0 saturated heterocycles. The van der Waals surface area contributed by atoms with Gasteiger partial charge in [0, 0.05) is 30.6 Å². The minimum absolute atomic E-state index is 0.0315. The van der Waals surface area contributed by atoms with E-state index >= 15 is 0 Å². The molecule has 3 aromatic rings. The summed E-state index contributed by atoms with van der Waals surface area (Å²) in [5.74, 6) is -0.948. The van der Waals surface area contributed by atoms with Gasteiger partial charge in [0.1, 0.15) is 29.9 Å². The topological polar surface area (TPSA) is 105 Å². The fourth-order valence-electron chi connectivity index (χ4n) is 5.49. The van der Waals surface area contributed by atoms with Gasteiger partial charge in [0.2, 0.25) is 21.8 Å². The predicted molar refractivity (Wildman–Crippen MR) is 168 cm³/mol. The van der Waals surface area contributed by atoms with Crippen molar-refractivity contribution >= 4 is 27.5 Å². The van der Waals surface area contributed by atoms with E-state index in [-0.39, 0.29) is 41.9 Å².